The molecule has 24 heavy (non-hydrogen) atoms. The zero-order valence-corrected chi connectivity index (χ0v) is 12.4. The van der Waals surface area contributed by atoms with Gasteiger partial charge in [-0.3, -0.25) is 9.59 Å². The lowest BCUT2D eigenvalue weighted by Gasteiger charge is -2.09. The lowest BCUT2D eigenvalue weighted by atomic mass is 10.3. The summed E-state index contributed by atoms with van der Waals surface area (Å²) in [6.45, 7) is 0. The summed E-state index contributed by atoms with van der Waals surface area (Å²) in [5, 5.41) is 13.3. The molecule has 7 nitrogen and oxygen atoms in total. The molecule has 3 aromatic rings. The van der Waals surface area contributed by atoms with Gasteiger partial charge in [0.25, 0.3) is 11.5 Å². The highest BCUT2D eigenvalue weighted by Crippen LogP contribution is 2.22. The van der Waals surface area contributed by atoms with Crippen LogP contribution in [0, 0.1) is 0 Å². The smallest absolute Gasteiger partial charge is 0.275 e. The molecule has 1 aromatic heterocycles. The van der Waals surface area contributed by atoms with Crippen LogP contribution in [0.15, 0.2) is 65.5 Å². The van der Waals surface area contributed by atoms with Crippen LogP contribution >= 0.6 is 0 Å². The predicted molar refractivity (Wildman–Crippen MR) is 86.5 cm³/mol. The van der Waals surface area contributed by atoms with Crippen molar-refractivity contribution in [1.29, 1.82) is 0 Å². The van der Waals surface area contributed by atoms with E-state index in [-0.39, 0.29) is 5.69 Å². The molecular weight excluding hydrogens is 310 g/mol. The molecule has 0 spiro atoms. The Balaban J connectivity index is 1.92. The number of benzene rings is 2. The first-order valence-corrected chi connectivity index (χ1v) is 7.01. The molecule has 0 aliphatic carbocycles. The molecule has 0 fully saturated rings. The third-order valence-electron chi connectivity index (χ3n) is 3.21. The van der Waals surface area contributed by atoms with E-state index in [4.69, 9.17) is 10.5 Å². The van der Waals surface area contributed by atoms with Crippen molar-refractivity contribution in [3.63, 3.8) is 0 Å². The second-order valence-corrected chi connectivity index (χ2v) is 4.90. The maximum Gasteiger partial charge on any atom is 0.275 e. The van der Waals surface area contributed by atoms with Gasteiger partial charge in [-0.1, -0.05) is 18.2 Å². The normalized spacial score (nSPS) is 10.3. The van der Waals surface area contributed by atoms with E-state index in [1.165, 1.54) is 0 Å². The summed E-state index contributed by atoms with van der Waals surface area (Å²) in [4.78, 5) is 23.2. The number of carbonyl (C=O) groups excluding carboxylic acids is 1. The van der Waals surface area contributed by atoms with Gasteiger partial charge < -0.3 is 15.6 Å². The fourth-order valence-corrected chi connectivity index (χ4v) is 2.09. The number of aromatic nitrogens is 2. The maximum atomic E-state index is 11.9. The number of hydrogen-bond donors (Lipinski definition) is 2. The standard InChI is InChI=1S/C17H13N3O4/c18-17(23)16-14(21)10-15(22)20(19-16)11-6-8-13(9-7-11)24-12-4-2-1-3-5-12/h1-10,21H,(H2,18,23). The molecule has 2 aromatic carbocycles. The Morgan fingerprint density at radius 2 is 1.67 bits per heavy atom. The summed E-state index contributed by atoms with van der Waals surface area (Å²) in [5.41, 5.74) is 4.57. The molecular formula is C17H13N3O4. The van der Waals surface area contributed by atoms with Crippen molar-refractivity contribution < 1.29 is 14.6 Å². The zero-order chi connectivity index (χ0) is 17.1. The molecule has 1 heterocycles. The second kappa shape index (κ2) is 6.25. The van der Waals surface area contributed by atoms with Crippen LogP contribution in [0.5, 0.6) is 17.2 Å². The topological polar surface area (TPSA) is 107 Å². The molecule has 0 radical (unpaired) electrons. The molecule has 3 N–H and O–H groups in total. The quantitative estimate of drug-likeness (QED) is 0.761. The molecule has 0 aliphatic heterocycles. The van der Waals surface area contributed by atoms with Gasteiger partial charge in [-0.25, -0.2) is 0 Å². The summed E-state index contributed by atoms with van der Waals surface area (Å²) in [6.07, 6.45) is 0. The number of primary amides is 1. The third-order valence-corrected chi connectivity index (χ3v) is 3.21. The Hall–Kier alpha value is -3.61. The highest BCUT2D eigenvalue weighted by molar-refractivity contribution is 5.93. The van der Waals surface area contributed by atoms with Gasteiger partial charge in [-0.2, -0.15) is 9.78 Å². The number of rotatable bonds is 4. The molecule has 1 amide bonds. The summed E-state index contributed by atoms with van der Waals surface area (Å²) >= 11 is 0. The molecule has 7 heteroatoms. The van der Waals surface area contributed by atoms with Crippen LogP contribution in [0.3, 0.4) is 0 Å². The van der Waals surface area contributed by atoms with E-state index >= 15 is 0 Å². The molecule has 0 atom stereocenters. The van der Waals surface area contributed by atoms with Gasteiger partial charge in [0.05, 0.1) is 5.69 Å². The molecule has 0 saturated heterocycles. The van der Waals surface area contributed by atoms with Crippen LogP contribution < -0.4 is 16.0 Å². The first-order valence-electron chi connectivity index (χ1n) is 7.01. The molecule has 120 valence electrons. The fraction of sp³-hybridized carbons (Fsp3) is 0. The first kappa shape index (κ1) is 15.3. The Labute approximate surface area is 136 Å². The van der Waals surface area contributed by atoms with Crippen molar-refractivity contribution in [1.82, 2.24) is 9.78 Å². The Morgan fingerprint density at radius 1 is 1.04 bits per heavy atom. The van der Waals surface area contributed by atoms with E-state index in [9.17, 15) is 14.7 Å². The van der Waals surface area contributed by atoms with Crippen molar-refractivity contribution in [3.05, 3.63) is 76.7 Å². The summed E-state index contributed by atoms with van der Waals surface area (Å²) < 4.78 is 6.64. The van der Waals surface area contributed by atoms with Gasteiger partial charge >= 0.3 is 0 Å². The van der Waals surface area contributed by atoms with E-state index in [2.05, 4.69) is 5.10 Å². The minimum Gasteiger partial charge on any atom is -0.505 e. The van der Waals surface area contributed by atoms with Crippen molar-refractivity contribution in [2.24, 2.45) is 5.73 Å². The Bertz CT molecular complexity index is 934. The molecule has 3 rings (SSSR count). The molecule has 0 bridgehead atoms. The summed E-state index contributed by atoms with van der Waals surface area (Å²) in [5.74, 6) is -0.217. The number of amides is 1. The average Bonchev–Trinajstić information content (AvgIpc) is 2.56. The summed E-state index contributed by atoms with van der Waals surface area (Å²) in [7, 11) is 0. The van der Waals surface area contributed by atoms with Crippen LogP contribution in [0.1, 0.15) is 10.5 Å². The van der Waals surface area contributed by atoms with Crippen LogP contribution in [-0.2, 0) is 0 Å². The number of aromatic hydroxyl groups is 1. The van der Waals surface area contributed by atoms with Crippen molar-refractivity contribution in [2.45, 2.75) is 0 Å². The number of carbonyl (C=O) groups is 1. The van der Waals surface area contributed by atoms with E-state index in [1.807, 2.05) is 30.3 Å². The number of para-hydroxylation sites is 1. The highest BCUT2D eigenvalue weighted by Gasteiger charge is 2.14. The lowest BCUT2D eigenvalue weighted by molar-refractivity contribution is 0.0991. The second-order valence-electron chi connectivity index (χ2n) is 4.90. The van der Waals surface area contributed by atoms with Crippen LogP contribution in [0.2, 0.25) is 0 Å². The van der Waals surface area contributed by atoms with Crippen LogP contribution in [-0.4, -0.2) is 20.8 Å². The molecule has 0 saturated carbocycles. The lowest BCUT2D eigenvalue weighted by Crippen LogP contribution is -2.25. The van der Waals surface area contributed by atoms with Crippen molar-refractivity contribution >= 4 is 5.91 Å². The number of nitrogens with zero attached hydrogens (tertiary/aromatic N) is 2. The number of hydrogen-bond acceptors (Lipinski definition) is 5. The van der Waals surface area contributed by atoms with Crippen LogP contribution in [0.4, 0.5) is 0 Å². The first-order chi connectivity index (χ1) is 11.5. The van der Waals surface area contributed by atoms with Gasteiger partial charge in [0, 0.05) is 6.07 Å². The van der Waals surface area contributed by atoms with Gasteiger partial charge in [0.15, 0.2) is 11.4 Å². The van der Waals surface area contributed by atoms with Gasteiger partial charge in [0.2, 0.25) is 0 Å². The molecule has 0 unspecified atom stereocenters. The Morgan fingerprint density at radius 3 is 2.29 bits per heavy atom. The van der Waals surface area contributed by atoms with E-state index in [1.54, 1.807) is 24.3 Å². The monoisotopic (exact) mass is 323 g/mol. The minimum atomic E-state index is -0.926. The highest BCUT2D eigenvalue weighted by atomic mass is 16.5. The average molecular weight is 323 g/mol. The minimum absolute atomic E-state index is 0.376. The van der Waals surface area contributed by atoms with E-state index in [0.29, 0.717) is 17.2 Å². The van der Waals surface area contributed by atoms with E-state index < -0.39 is 17.2 Å². The number of ether oxygens (including phenoxy) is 1. The SMILES string of the molecule is NC(=O)c1nn(-c2ccc(Oc3ccccc3)cc2)c(=O)cc1O. The maximum absolute atomic E-state index is 11.9. The third kappa shape index (κ3) is 3.09. The van der Waals surface area contributed by atoms with Crippen LogP contribution in [0.25, 0.3) is 5.69 Å². The zero-order valence-electron chi connectivity index (χ0n) is 12.4. The van der Waals surface area contributed by atoms with Crippen molar-refractivity contribution in [2.75, 3.05) is 0 Å². The Kier molecular flexibility index (Phi) is 3.98. The van der Waals surface area contributed by atoms with Gasteiger partial charge in [-0.15, -0.1) is 0 Å². The van der Waals surface area contributed by atoms with E-state index in [0.717, 1.165) is 10.7 Å². The largest absolute Gasteiger partial charge is 0.505 e. The van der Waals surface area contributed by atoms with Gasteiger partial charge in [-0.05, 0) is 36.4 Å². The fourth-order valence-electron chi connectivity index (χ4n) is 2.09. The summed E-state index contributed by atoms with van der Waals surface area (Å²) in [6, 6.07) is 16.7. The number of nitrogens with two attached hydrogens (primary N) is 1. The van der Waals surface area contributed by atoms with Gasteiger partial charge in [0.1, 0.15) is 11.5 Å². The van der Waals surface area contributed by atoms with Crippen molar-refractivity contribution in [3.8, 4) is 22.9 Å². The molecule has 0 aliphatic rings. The predicted octanol–water partition coefficient (Wildman–Crippen LogP) is 1.83.